The van der Waals surface area contributed by atoms with Crippen LogP contribution in [0.4, 0.5) is 11.4 Å². The van der Waals surface area contributed by atoms with Crippen LogP contribution < -0.4 is 15.8 Å². The lowest BCUT2D eigenvalue weighted by Crippen LogP contribution is -2.22. The summed E-state index contributed by atoms with van der Waals surface area (Å²) >= 11 is 0. The van der Waals surface area contributed by atoms with Gasteiger partial charge in [0.2, 0.25) is 10.0 Å². The molecule has 108 valence electrons. The quantitative estimate of drug-likeness (QED) is 0.788. The van der Waals surface area contributed by atoms with Gasteiger partial charge in [0.1, 0.15) is 10.7 Å². The maximum atomic E-state index is 11.5. The van der Waals surface area contributed by atoms with Gasteiger partial charge in [-0.05, 0) is 12.1 Å². The van der Waals surface area contributed by atoms with Crippen molar-refractivity contribution in [3.05, 3.63) is 36.4 Å². The summed E-state index contributed by atoms with van der Waals surface area (Å²) in [6, 6.07) is 4.75. The van der Waals surface area contributed by atoms with Crippen LogP contribution in [-0.2, 0) is 23.6 Å². The molecule has 0 aliphatic heterocycles. The highest BCUT2D eigenvalue weighted by Gasteiger charge is 2.17. The highest BCUT2D eigenvalue weighted by molar-refractivity contribution is 7.89. The zero-order valence-corrected chi connectivity index (χ0v) is 12.1. The molecule has 4 N–H and O–H groups in total. The summed E-state index contributed by atoms with van der Waals surface area (Å²) in [6.07, 6.45) is 3.54. The van der Waals surface area contributed by atoms with Crippen LogP contribution in [0.3, 0.4) is 0 Å². The van der Waals surface area contributed by atoms with Crippen LogP contribution in [0.15, 0.2) is 35.5 Å². The monoisotopic (exact) mass is 295 g/mol. The van der Waals surface area contributed by atoms with Crippen LogP contribution in [0.1, 0.15) is 5.82 Å². The predicted molar refractivity (Wildman–Crippen MR) is 77.5 cm³/mol. The van der Waals surface area contributed by atoms with Gasteiger partial charge in [-0.3, -0.25) is 0 Å². The molecule has 0 fully saturated rings. The summed E-state index contributed by atoms with van der Waals surface area (Å²) in [5.41, 5.74) is 6.65. The second-order valence-electron chi connectivity index (χ2n) is 4.54. The number of nitrogens with two attached hydrogens (primary N) is 2. The molecule has 7 nitrogen and oxygen atoms in total. The number of benzene rings is 1. The van der Waals surface area contributed by atoms with Gasteiger partial charge < -0.3 is 15.2 Å². The fourth-order valence-electron chi connectivity index (χ4n) is 1.96. The molecule has 0 spiro atoms. The maximum absolute atomic E-state index is 11.5. The molecular formula is C12H17N5O2S. The van der Waals surface area contributed by atoms with Gasteiger partial charge in [-0.2, -0.15) is 0 Å². The van der Waals surface area contributed by atoms with Gasteiger partial charge in [-0.1, -0.05) is 6.07 Å². The molecular weight excluding hydrogens is 278 g/mol. The minimum Gasteiger partial charge on any atom is -0.396 e. The molecule has 0 atom stereocenters. The third-order valence-corrected chi connectivity index (χ3v) is 4.03. The van der Waals surface area contributed by atoms with Crippen molar-refractivity contribution in [3.63, 3.8) is 0 Å². The van der Waals surface area contributed by atoms with E-state index >= 15 is 0 Å². The molecule has 0 amide bonds. The number of anilines is 2. The summed E-state index contributed by atoms with van der Waals surface area (Å²) in [5, 5.41) is 5.14. The Labute approximate surface area is 117 Å². The van der Waals surface area contributed by atoms with Crippen molar-refractivity contribution in [2.45, 2.75) is 11.4 Å². The third kappa shape index (κ3) is 2.75. The standard InChI is InChI=1S/C12H17N5O2S/c1-16-7-6-15-11(16)8-17(2)9-4-3-5-10(12(9)13)20(14,18)19/h3-7H,8,13H2,1-2H3,(H2,14,18,19). The van der Waals surface area contributed by atoms with Crippen LogP contribution in [-0.4, -0.2) is 25.0 Å². The maximum Gasteiger partial charge on any atom is 0.240 e. The van der Waals surface area contributed by atoms with Crippen LogP contribution in [0.5, 0.6) is 0 Å². The average Bonchev–Trinajstić information content (AvgIpc) is 2.73. The van der Waals surface area contributed by atoms with Crippen molar-refractivity contribution in [1.82, 2.24) is 9.55 Å². The number of hydrogen-bond donors (Lipinski definition) is 2. The second kappa shape index (κ2) is 5.14. The molecule has 1 aromatic carbocycles. The van der Waals surface area contributed by atoms with E-state index in [1.54, 1.807) is 18.3 Å². The highest BCUT2D eigenvalue weighted by atomic mass is 32.2. The van der Waals surface area contributed by atoms with Gasteiger partial charge in [0.15, 0.2) is 0 Å². The van der Waals surface area contributed by atoms with Crippen molar-refractivity contribution < 1.29 is 8.42 Å². The molecule has 2 aromatic rings. The number of aromatic nitrogens is 2. The number of nitrogen functional groups attached to an aromatic ring is 1. The first-order valence-electron chi connectivity index (χ1n) is 5.89. The summed E-state index contributed by atoms with van der Waals surface area (Å²) in [4.78, 5) is 5.98. The lowest BCUT2D eigenvalue weighted by atomic mass is 10.2. The van der Waals surface area contributed by atoms with E-state index in [-0.39, 0.29) is 10.6 Å². The van der Waals surface area contributed by atoms with E-state index in [1.165, 1.54) is 6.07 Å². The SMILES string of the molecule is CN(Cc1nccn1C)c1cccc(S(N)(=O)=O)c1N. The normalized spacial score (nSPS) is 11.6. The minimum absolute atomic E-state index is 0.0679. The van der Waals surface area contributed by atoms with Crippen molar-refractivity contribution >= 4 is 21.4 Å². The van der Waals surface area contributed by atoms with E-state index in [9.17, 15) is 8.42 Å². The Morgan fingerprint density at radius 3 is 2.65 bits per heavy atom. The Morgan fingerprint density at radius 2 is 2.10 bits per heavy atom. The van der Waals surface area contributed by atoms with Crippen molar-refractivity contribution in [2.24, 2.45) is 12.2 Å². The molecule has 0 aliphatic rings. The zero-order chi connectivity index (χ0) is 14.9. The lowest BCUT2D eigenvalue weighted by molar-refractivity contribution is 0.598. The van der Waals surface area contributed by atoms with E-state index in [2.05, 4.69) is 4.98 Å². The Morgan fingerprint density at radius 1 is 1.40 bits per heavy atom. The topological polar surface area (TPSA) is 107 Å². The Hall–Kier alpha value is -2.06. The van der Waals surface area contributed by atoms with Gasteiger partial charge in [0, 0.05) is 26.5 Å². The van der Waals surface area contributed by atoms with Crippen LogP contribution in [0.2, 0.25) is 0 Å². The predicted octanol–water partition coefficient (Wildman–Crippen LogP) is 0.286. The van der Waals surface area contributed by atoms with Crippen LogP contribution >= 0.6 is 0 Å². The zero-order valence-electron chi connectivity index (χ0n) is 11.3. The van der Waals surface area contributed by atoms with E-state index in [0.29, 0.717) is 12.2 Å². The van der Waals surface area contributed by atoms with E-state index in [0.717, 1.165) is 5.82 Å². The smallest absolute Gasteiger partial charge is 0.240 e. The van der Waals surface area contributed by atoms with Crippen LogP contribution in [0.25, 0.3) is 0 Å². The highest BCUT2D eigenvalue weighted by Crippen LogP contribution is 2.29. The molecule has 8 heteroatoms. The molecule has 1 aromatic heterocycles. The molecule has 0 bridgehead atoms. The van der Waals surface area contributed by atoms with Crippen molar-refractivity contribution in [1.29, 1.82) is 0 Å². The first-order valence-corrected chi connectivity index (χ1v) is 7.44. The molecule has 2 rings (SSSR count). The van der Waals surface area contributed by atoms with E-state index in [1.807, 2.05) is 29.8 Å². The average molecular weight is 295 g/mol. The molecule has 0 saturated heterocycles. The molecule has 0 unspecified atom stereocenters. The van der Waals surface area contributed by atoms with Crippen molar-refractivity contribution in [3.8, 4) is 0 Å². The van der Waals surface area contributed by atoms with Gasteiger partial charge in [0.25, 0.3) is 0 Å². The molecule has 1 heterocycles. The Balaban J connectivity index is 2.36. The first-order chi connectivity index (χ1) is 9.30. The lowest BCUT2D eigenvalue weighted by Gasteiger charge is -2.21. The fraction of sp³-hybridized carbons (Fsp3) is 0.250. The number of hydrogen-bond acceptors (Lipinski definition) is 5. The number of para-hydroxylation sites is 1. The second-order valence-corrected chi connectivity index (χ2v) is 6.07. The number of sulfonamides is 1. The number of aryl methyl sites for hydroxylation is 1. The first kappa shape index (κ1) is 14.4. The van der Waals surface area contributed by atoms with E-state index in [4.69, 9.17) is 10.9 Å². The fourth-order valence-corrected chi connectivity index (χ4v) is 2.64. The summed E-state index contributed by atoms with van der Waals surface area (Å²) in [7, 11) is -0.130. The van der Waals surface area contributed by atoms with Gasteiger partial charge in [-0.25, -0.2) is 18.5 Å². The minimum atomic E-state index is -3.83. The molecule has 20 heavy (non-hydrogen) atoms. The Bertz CT molecular complexity index is 723. The van der Waals surface area contributed by atoms with Gasteiger partial charge in [-0.15, -0.1) is 0 Å². The number of nitrogens with zero attached hydrogens (tertiary/aromatic N) is 3. The molecule has 0 saturated carbocycles. The summed E-state index contributed by atoms with van der Waals surface area (Å²) < 4.78 is 24.8. The number of primary sulfonamides is 1. The number of rotatable bonds is 4. The third-order valence-electron chi connectivity index (χ3n) is 3.06. The largest absolute Gasteiger partial charge is 0.396 e. The summed E-state index contributed by atoms with van der Waals surface area (Å²) in [6.45, 7) is 0.502. The van der Waals surface area contributed by atoms with Gasteiger partial charge in [0.05, 0.1) is 17.9 Å². The molecule has 0 radical (unpaired) electrons. The van der Waals surface area contributed by atoms with Gasteiger partial charge >= 0.3 is 0 Å². The van der Waals surface area contributed by atoms with Crippen LogP contribution in [0, 0.1) is 0 Å². The van der Waals surface area contributed by atoms with Crippen molar-refractivity contribution in [2.75, 3.05) is 17.7 Å². The van der Waals surface area contributed by atoms with E-state index < -0.39 is 10.0 Å². The Kier molecular flexibility index (Phi) is 3.69. The molecule has 0 aliphatic carbocycles. The summed E-state index contributed by atoms with van der Waals surface area (Å²) in [5.74, 6) is 0.841. The number of imidazole rings is 1.